The van der Waals surface area contributed by atoms with Crippen LogP contribution in [0.3, 0.4) is 0 Å². The number of carboxylic acids is 1. The predicted molar refractivity (Wildman–Crippen MR) is 128 cm³/mol. The Labute approximate surface area is 226 Å². The molecule has 0 spiro atoms. The van der Waals surface area contributed by atoms with Crippen LogP contribution in [0.4, 0.5) is 40.9 Å². The minimum absolute atomic E-state index is 0.101. The van der Waals surface area contributed by atoms with Crippen molar-refractivity contribution in [1.82, 2.24) is 14.3 Å². The SMILES string of the molecule is CN=S1(=O)C[C@@](C)(c2nc(NC(=O)c3ncc(F)cc3C)ccc2F)N=C(N)N1CC(F)(F)F.O=C(O)C(F)(F)F. The van der Waals surface area contributed by atoms with Crippen molar-refractivity contribution in [2.75, 3.05) is 24.7 Å². The molecule has 3 heterocycles. The molecule has 41 heavy (non-hydrogen) atoms. The Balaban J connectivity index is 0.000000745. The number of aromatic nitrogens is 2. The van der Waals surface area contributed by atoms with Crippen LogP contribution in [-0.4, -0.2) is 73.1 Å². The first-order chi connectivity index (χ1) is 18.6. The van der Waals surface area contributed by atoms with E-state index in [-0.39, 0.29) is 17.1 Å². The number of alkyl halides is 6. The average molecular weight is 619 g/mol. The number of carbonyl (C=O) groups excluding carboxylic acids is 1. The molecule has 1 aliphatic heterocycles. The number of carboxylic acid groups (broad SMARTS) is 1. The van der Waals surface area contributed by atoms with Crippen LogP contribution in [0, 0.1) is 18.6 Å². The second-order valence-electron chi connectivity index (χ2n) is 8.43. The lowest BCUT2D eigenvalue weighted by atomic mass is 10.00. The number of guanidine groups is 1. The maximum atomic E-state index is 14.8. The topological polar surface area (TPSA) is 163 Å². The molecule has 0 aliphatic carbocycles. The third-order valence-electron chi connectivity index (χ3n) is 5.14. The Morgan fingerprint density at radius 2 is 1.80 bits per heavy atom. The molecule has 3 rings (SSSR count). The van der Waals surface area contributed by atoms with Crippen molar-refractivity contribution in [2.45, 2.75) is 31.7 Å². The molecule has 0 saturated carbocycles. The number of aliphatic carboxylic acids is 1. The zero-order valence-electron chi connectivity index (χ0n) is 21.1. The summed E-state index contributed by atoms with van der Waals surface area (Å²) >= 11 is 0. The van der Waals surface area contributed by atoms with E-state index >= 15 is 0 Å². The normalized spacial score (nSPS) is 20.9. The summed E-state index contributed by atoms with van der Waals surface area (Å²) in [6.07, 6.45) is -8.98. The number of hydrogen-bond donors (Lipinski definition) is 3. The van der Waals surface area contributed by atoms with E-state index in [1.165, 1.54) is 13.8 Å². The van der Waals surface area contributed by atoms with Gasteiger partial charge in [0.1, 0.15) is 50.8 Å². The fraction of sp³-hybridized carbons (Fsp3) is 0.381. The number of nitrogens with two attached hydrogens (primary N) is 1. The number of aryl methyl sites for hydroxylation is 1. The van der Waals surface area contributed by atoms with E-state index in [1.54, 1.807) is 0 Å². The lowest BCUT2D eigenvalue weighted by molar-refractivity contribution is -0.192. The molecule has 0 fully saturated rings. The first kappa shape index (κ1) is 33.1. The molecule has 1 amide bonds. The van der Waals surface area contributed by atoms with Crippen LogP contribution in [-0.2, 0) is 20.2 Å². The molecule has 1 unspecified atom stereocenters. The fourth-order valence-corrected chi connectivity index (χ4v) is 5.50. The van der Waals surface area contributed by atoms with Gasteiger partial charge in [-0.2, -0.15) is 26.3 Å². The van der Waals surface area contributed by atoms with Gasteiger partial charge in [0, 0.05) is 7.05 Å². The van der Waals surface area contributed by atoms with Gasteiger partial charge in [0.2, 0.25) is 5.96 Å². The number of nitrogens with one attached hydrogen (secondary N) is 1. The van der Waals surface area contributed by atoms with Gasteiger partial charge in [-0.1, -0.05) is 0 Å². The van der Waals surface area contributed by atoms with Crippen LogP contribution >= 0.6 is 0 Å². The summed E-state index contributed by atoms with van der Waals surface area (Å²) in [5.41, 5.74) is 3.66. The minimum atomic E-state index is -5.08. The Morgan fingerprint density at radius 3 is 2.29 bits per heavy atom. The van der Waals surface area contributed by atoms with Crippen molar-refractivity contribution < 1.29 is 54.0 Å². The van der Waals surface area contributed by atoms with E-state index < -0.39 is 75.3 Å². The smallest absolute Gasteiger partial charge is 0.475 e. The molecular formula is C21H21F8N7O4S. The molecule has 2 atom stereocenters. The predicted octanol–water partition coefficient (Wildman–Crippen LogP) is 3.37. The lowest BCUT2D eigenvalue weighted by Crippen LogP contribution is -2.55. The highest BCUT2D eigenvalue weighted by Crippen LogP contribution is 2.35. The number of nitrogens with zero attached hydrogens (tertiary/aromatic N) is 5. The van der Waals surface area contributed by atoms with Crippen molar-refractivity contribution >= 4 is 33.6 Å². The van der Waals surface area contributed by atoms with Gasteiger partial charge in [0.05, 0.1) is 11.9 Å². The number of carbonyl (C=O) groups is 2. The van der Waals surface area contributed by atoms with Crippen molar-refractivity contribution in [3.05, 3.63) is 53.0 Å². The third-order valence-corrected chi connectivity index (χ3v) is 7.65. The summed E-state index contributed by atoms with van der Waals surface area (Å²) in [7, 11) is -2.71. The summed E-state index contributed by atoms with van der Waals surface area (Å²) in [4.78, 5) is 33.1. The quantitative estimate of drug-likeness (QED) is 0.442. The van der Waals surface area contributed by atoms with Gasteiger partial charge in [-0.25, -0.2) is 41.4 Å². The van der Waals surface area contributed by atoms with Crippen molar-refractivity contribution in [1.29, 1.82) is 0 Å². The zero-order chi connectivity index (χ0) is 31.6. The van der Waals surface area contributed by atoms with Gasteiger partial charge in [0.25, 0.3) is 5.91 Å². The summed E-state index contributed by atoms with van der Waals surface area (Å²) in [5.74, 6) is -6.62. The number of amides is 1. The molecule has 11 nitrogen and oxygen atoms in total. The maximum Gasteiger partial charge on any atom is 0.490 e. The first-order valence-corrected chi connectivity index (χ1v) is 12.5. The fourth-order valence-electron chi connectivity index (χ4n) is 3.40. The number of halogens is 8. The van der Waals surface area contributed by atoms with Crippen LogP contribution in [0.5, 0.6) is 0 Å². The second kappa shape index (κ2) is 11.8. The van der Waals surface area contributed by atoms with Gasteiger partial charge >= 0.3 is 18.3 Å². The van der Waals surface area contributed by atoms with E-state index in [9.17, 15) is 44.1 Å². The zero-order valence-corrected chi connectivity index (χ0v) is 22.0. The molecule has 2 aromatic heterocycles. The highest BCUT2D eigenvalue weighted by Gasteiger charge is 2.46. The van der Waals surface area contributed by atoms with E-state index in [2.05, 4.69) is 24.6 Å². The molecule has 0 aromatic carbocycles. The van der Waals surface area contributed by atoms with Crippen molar-refractivity contribution in [3.8, 4) is 0 Å². The second-order valence-corrected chi connectivity index (χ2v) is 10.7. The Bertz CT molecular complexity index is 1490. The van der Waals surface area contributed by atoms with Gasteiger partial charge in [-0.05, 0) is 37.6 Å². The highest BCUT2D eigenvalue weighted by atomic mass is 32.2. The van der Waals surface area contributed by atoms with E-state index in [0.29, 0.717) is 4.31 Å². The van der Waals surface area contributed by atoms with Gasteiger partial charge in [-0.3, -0.25) is 4.79 Å². The molecule has 2 aromatic rings. The van der Waals surface area contributed by atoms with Crippen molar-refractivity contribution in [3.63, 3.8) is 0 Å². The van der Waals surface area contributed by atoms with Crippen molar-refractivity contribution in [2.24, 2.45) is 15.1 Å². The first-order valence-electron chi connectivity index (χ1n) is 10.8. The summed E-state index contributed by atoms with van der Waals surface area (Å²) < 4.78 is 116. The lowest BCUT2D eigenvalue weighted by Gasteiger charge is -2.38. The monoisotopic (exact) mass is 619 g/mol. The summed E-state index contributed by atoms with van der Waals surface area (Å²) in [5, 5.41) is 9.52. The van der Waals surface area contributed by atoms with Gasteiger partial charge in [-0.15, -0.1) is 0 Å². The number of rotatable bonds is 4. The Kier molecular flexibility index (Phi) is 9.52. The van der Waals surface area contributed by atoms with E-state index in [4.69, 9.17) is 15.6 Å². The highest BCUT2D eigenvalue weighted by molar-refractivity contribution is 7.92. The van der Waals surface area contributed by atoms with E-state index in [0.717, 1.165) is 31.4 Å². The largest absolute Gasteiger partial charge is 0.490 e. The molecule has 0 radical (unpaired) electrons. The molecule has 20 heteroatoms. The molecule has 4 N–H and O–H groups in total. The van der Waals surface area contributed by atoms with Crippen LogP contribution in [0.1, 0.15) is 28.7 Å². The minimum Gasteiger partial charge on any atom is -0.475 e. The standard InChI is InChI=1S/C19H20F5N7O2S.C2HF3O2/c1-10-6-11(20)7-27-14(10)16(32)29-13-5-4-12(21)15(28-13)18(2)9-34(33,26-3)31(17(25)30-18)8-19(22,23)24;3-2(4,5)1(6)7/h4-7H,8-9H2,1-3H3,(H2,25,30)(H,28,29,32);(H,6,7)/t18-,34?;/m0./s1. The Morgan fingerprint density at radius 1 is 1.22 bits per heavy atom. The van der Waals surface area contributed by atoms with Crippen LogP contribution in [0.25, 0.3) is 0 Å². The third kappa shape index (κ3) is 8.21. The maximum absolute atomic E-state index is 14.8. The van der Waals surface area contributed by atoms with Crippen LogP contribution < -0.4 is 11.1 Å². The number of pyridine rings is 2. The van der Waals surface area contributed by atoms with E-state index in [1.807, 2.05) is 0 Å². The van der Waals surface area contributed by atoms with Gasteiger partial charge < -0.3 is 16.2 Å². The van der Waals surface area contributed by atoms with Crippen LogP contribution in [0.2, 0.25) is 0 Å². The average Bonchev–Trinajstić information content (AvgIpc) is 2.82. The summed E-state index contributed by atoms with van der Waals surface area (Å²) in [6.45, 7) is 1.09. The molecule has 1 aliphatic rings. The van der Waals surface area contributed by atoms with Gasteiger partial charge in [0.15, 0.2) is 0 Å². The summed E-state index contributed by atoms with van der Waals surface area (Å²) in [6, 6.07) is 3.18. The molecular weight excluding hydrogens is 598 g/mol. The molecule has 226 valence electrons. The number of anilines is 1. The van der Waals surface area contributed by atoms with Crippen LogP contribution in [0.15, 0.2) is 33.8 Å². The number of aliphatic imine (C=N–C) groups is 1. The molecule has 0 bridgehead atoms. The Hall–Kier alpha value is -4.10. The molecule has 0 saturated heterocycles. The number of hydrogen-bond acceptors (Lipinski definition) is 8.